The van der Waals surface area contributed by atoms with Crippen molar-refractivity contribution in [3.63, 3.8) is 0 Å². The SMILES string of the molecule is CCS(=O)(=O)NC(=O)c1ccccc1Cl. The normalized spacial score (nSPS) is 11.1. The minimum Gasteiger partial charge on any atom is -0.268 e. The number of hydrogen-bond donors (Lipinski definition) is 1. The molecule has 0 atom stereocenters. The van der Waals surface area contributed by atoms with E-state index in [0.29, 0.717) is 0 Å². The molecule has 1 aromatic carbocycles. The van der Waals surface area contributed by atoms with Crippen LogP contribution in [0.3, 0.4) is 0 Å². The van der Waals surface area contributed by atoms with Gasteiger partial charge >= 0.3 is 0 Å². The van der Waals surface area contributed by atoms with E-state index in [2.05, 4.69) is 0 Å². The molecule has 0 saturated heterocycles. The molecule has 4 nitrogen and oxygen atoms in total. The average Bonchev–Trinajstić information content (AvgIpc) is 2.17. The van der Waals surface area contributed by atoms with E-state index in [1.54, 1.807) is 12.1 Å². The van der Waals surface area contributed by atoms with Crippen LogP contribution in [0.15, 0.2) is 24.3 Å². The van der Waals surface area contributed by atoms with Gasteiger partial charge in [-0.1, -0.05) is 23.7 Å². The van der Waals surface area contributed by atoms with Crippen molar-refractivity contribution in [2.45, 2.75) is 6.92 Å². The van der Waals surface area contributed by atoms with Gasteiger partial charge in [0.2, 0.25) is 10.0 Å². The Morgan fingerprint density at radius 2 is 2.00 bits per heavy atom. The third kappa shape index (κ3) is 3.21. The van der Waals surface area contributed by atoms with Gasteiger partial charge < -0.3 is 0 Å². The number of rotatable bonds is 3. The first-order chi connectivity index (χ1) is 6.96. The van der Waals surface area contributed by atoms with Crippen LogP contribution in [0.2, 0.25) is 5.02 Å². The van der Waals surface area contributed by atoms with Crippen molar-refractivity contribution in [2.24, 2.45) is 0 Å². The molecular formula is C9H10ClNO3S. The van der Waals surface area contributed by atoms with E-state index in [0.717, 1.165) is 0 Å². The lowest BCUT2D eigenvalue weighted by molar-refractivity contribution is 0.0981. The lowest BCUT2D eigenvalue weighted by Crippen LogP contribution is -2.31. The number of nitrogens with one attached hydrogen (secondary N) is 1. The van der Waals surface area contributed by atoms with Crippen molar-refractivity contribution in [3.8, 4) is 0 Å². The van der Waals surface area contributed by atoms with Gasteiger partial charge in [-0.3, -0.25) is 4.79 Å². The van der Waals surface area contributed by atoms with Crippen LogP contribution in [0.1, 0.15) is 17.3 Å². The highest BCUT2D eigenvalue weighted by Crippen LogP contribution is 2.14. The molecule has 0 saturated carbocycles. The molecule has 82 valence electrons. The Morgan fingerprint density at radius 3 is 2.53 bits per heavy atom. The van der Waals surface area contributed by atoms with Crippen molar-refractivity contribution >= 4 is 27.5 Å². The van der Waals surface area contributed by atoms with Gasteiger partial charge in [-0.2, -0.15) is 0 Å². The first-order valence-corrected chi connectivity index (χ1v) is 6.28. The molecular weight excluding hydrogens is 238 g/mol. The predicted molar refractivity (Wildman–Crippen MR) is 58.4 cm³/mol. The van der Waals surface area contributed by atoms with Gasteiger partial charge in [0.1, 0.15) is 0 Å². The van der Waals surface area contributed by atoms with Gasteiger partial charge in [0.05, 0.1) is 16.3 Å². The smallest absolute Gasteiger partial charge is 0.266 e. The zero-order chi connectivity index (χ0) is 11.5. The Hall–Kier alpha value is -1.07. The van der Waals surface area contributed by atoms with Crippen LogP contribution in [0.5, 0.6) is 0 Å². The number of hydrogen-bond acceptors (Lipinski definition) is 3. The van der Waals surface area contributed by atoms with Crippen LogP contribution in [0.25, 0.3) is 0 Å². The minimum atomic E-state index is -3.54. The number of carbonyl (C=O) groups is 1. The summed E-state index contributed by atoms with van der Waals surface area (Å²) in [5, 5.41) is 0.223. The van der Waals surface area contributed by atoms with Crippen molar-refractivity contribution in [1.82, 2.24) is 4.72 Å². The van der Waals surface area contributed by atoms with Gasteiger partial charge in [0.15, 0.2) is 0 Å². The third-order valence-electron chi connectivity index (χ3n) is 1.75. The molecule has 6 heteroatoms. The summed E-state index contributed by atoms with van der Waals surface area (Å²) in [5.74, 6) is -0.856. The summed E-state index contributed by atoms with van der Waals surface area (Å²) in [5.41, 5.74) is 0.149. The summed E-state index contributed by atoms with van der Waals surface area (Å²) < 4.78 is 24.2. The highest BCUT2D eigenvalue weighted by atomic mass is 35.5. The molecule has 1 aromatic rings. The number of benzene rings is 1. The van der Waals surface area contributed by atoms with E-state index in [9.17, 15) is 13.2 Å². The van der Waals surface area contributed by atoms with Crippen LogP contribution >= 0.6 is 11.6 Å². The Kier molecular flexibility index (Phi) is 3.71. The molecule has 1 amide bonds. The Labute approximate surface area is 93.3 Å². The summed E-state index contributed by atoms with van der Waals surface area (Å²) >= 11 is 5.74. The molecule has 0 aromatic heterocycles. The summed E-state index contributed by atoms with van der Waals surface area (Å²) in [4.78, 5) is 11.5. The summed E-state index contributed by atoms with van der Waals surface area (Å²) in [6.45, 7) is 1.45. The van der Waals surface area contributed by atoms with Crippen LogP contribution in [0, 0.1) is 0 Å². The second kappa shape index (κ2) is 4.63. The molecule has 0 fully saturated rings. The molecule has 0 aliphatic rings. The fraction of sp³-hybridized carbons (Fsp3) is 0.222. The van der Waals surface area contributed by atoms with Gasteiger partial charge in [0, 0.05) is 0 Å². The standard InChI is InChI=1S/C9H10ClNO3S/c1-2-15(13,14)11-9(12)7-5-3-4-6-8(7)10/h3-6H,2H2,1H3,(H,11,12). The third-order valence-corrected chi connectivity index (χ3v) is 3.33. The molecule has 1 N–H and O–H groups in total. The molecule has 0 aliphatic heterocycles. The topological polar surface area (TPSA) is 63.2 Å². The second-order valence-electron chi connectivity index (χ2n) is 2.81. The number of halogens is 1. The number of carbonyl (C=O) groups excluding carboxylic acids is 1. The van der Waals surface area contributed by atoms with Crippen LogP contribution in [-0.4, -0.2) is 20.1 Å². The van der Waals surface area contributed by atoms with Gasteiger partial charge in [-0.25, -0.2) is 13.1 Å². The molecule has 0 radical (unpaired) electrons. The molecule has 0 spiro atoms. The van der Waals surface area contributed by atoms with Crippen molar-refractivity contribution in [1.29, 1.82) is 0 Å². The van der Waals surface area contributed by atoms with E-state index in [4.69, 9.17) is 11.6 Å². The van der Waals surface area contributed by atoms with Crippen LogP contribution in [0.4, 0.5) is 0 Å². The maximum absolute atomic E-state index is 11.5. The molecule has 1 rings (SSSR count). The maximum atomic E-state index is 11.5. The first kappa shape index (κ1) is 12.0. The van der Waals surface area contributed by atoms with E-state index in [1.165, 1.54) is 19.1 Å². The summed E-state index contributed by atoms with van der Waals surface area (Å²) in [7, 11) is -3.54. The zero-order valence-corrected chi connectivity index (χ0v) is 9.60. The summed E-state index contributed by atoms with van der Waals surface area (Å²) in [6.07, 6.45) is 0. The van der Waals surface area contributed by atoms with E-state index in [-0.39, 0.29) is 16.3 Å². The highest BCUT2D eigenvalue weighted by Gasteiger charge is 2.15. The monoisotopic (exact) mass is 247 g/mol. The van der Waals surface area contributed by atoms with E-state index in [1.807, 2.05) is 4.72 Å². The van der Waals surface area contributed by atoms with Crippen LogP contribution < -0.4 is 4.72 Å². The van der Waals surface area contributed by atoms with Crippen molar-refractivity contribution in [3.05, 3.63) is 34.9 Å². The fourth-order valence-electron chi connectivity index (χ4n) is 0.914. The van der Waals surface area contributed by atoms with Gasteiger partial charge in [0.25, 0.3) is 5.91 Å². The molecule has 15 heavy (non-hydrogen) atoms. The lowest BCUT2D eigenvalue weighted by Gasteiger charge is -2.05. The molecule has 0 unspecified atom stereocenters. The Bertz CT molecular complexity index is 470. The van der Waals surface area contributed by atoms with Crippen molar-refractivity contribution in [2.75, 3.05) is 5.75 Å². The minimum absolute atomic E-state index is 0.149. The van der Waals surface area contributed by atoms with Crippen molar-refractivity contribution < 1.29 is 13.2 Å². The Morgan fingerprint density at radius 1 is 1.40 bits per heavy atom. The quantitative estimate of drug-likeness (QED) is 0.879. The average molecular weight is 248 g/mol. The molecule has 0 bridgehead atoms. The van der Waals surface area contributed by atoms with Crippen LogP contribution in [-0.2, 0) is 10.0 Å². The predicted octanol–water partition coefficient (Wildman–Crippen LogP) is 1.42. The Balaban J connectivity index is 2.93. The zero-order valence-electron chi connectivity index (χ0n) is 8.03. The van der Waals surface area contributed by atoms with E-state index < -0.39 is 15.9 Å². The highest BCUT2D eigenvalue weighted by molar-refractivity contribution is 7.90. The first-order valence-electron chi connectivity index (χ1n) is 4.25. The maximum Gasteiger partial charge on any atom is 0.266 e. The molecule has 0 aliphatic carbocycles. The molecule has 0 heterocycles. The summed E-state index contributed by atoms with van der Waals surface area (Å²) in [6, 6.07) is 6.25. The number of amides is 1. The largest absolute Gasteiger partial charge is 0.268 e. The van der Waals surface area contributed by atoms with E-state index >= 15 is 0 Å². The lowest BCUT2D eigenvalue weighted by atomic mass is 10.2. The fourth-order valence-corrected chi connectivity index (χ4v) is 1.67. The van der Waals surface area contributed by atoms with Gasteiger partial charge in [-0.15, -0.1) is 0 Å². The number of sulfonamides is 1. The van der Waals surface area contributed by atoms with Gasteiger partial charge in [-0.05, 0) is 19.1 Å². The second-order valence-corrected chi connectivity index (χ2v) is 5.23.